The van der Waals surface area contributed by atoms with E-state index in [1.165, 1.54) is 6.07 Å². The molecule has 4 heteroatoms. The van der Waals surface area contributed by atoms with Crippen LogP contribution in [0.25, 0.3) is 0 Å². The van der Waals surface area contributed by atoms with Crippen molar-refractivity contribution < 1.29 is 4.39 Å². The minimum absolute atomic E-state index is 0.287. The highest BCUT2D eigenvalue weighted by molar-refractivity contribution is 6.30. The number of rotatable bonds is 4. The average Bonchev–Trinajstić information content (AvgIpc) is 2.37. The van der Waals surface area contributed by atoms with Gasteiger partial charge in [-0.05, 0) is 55.3 Å². The minimum atomic E-state index is -0.287. The van der Waals surface area contributed by atoms with Gasteiger partial charge in [0.2, 0.25) is 0 Å². The van der Waals surface area contributed by atoms with Crippen molar-refractivity contribution in [3.63, 3.8) is 0 Å². The van der Waals surface area contributed by atoms with Gasteiger partial charge in [-0.25, -0.2) is 4.39 Å². The molecule has 0 aliphatic carbocycles. The van der Waals surface area contributed by atoms with Crippen LogP contribution in [0.15, 0.2) is 36.4 Å². The molecule has 100 valence electrons. The third-order valence-corrected chi connectivity index (χ3v) is 3.17. The zero-order chi connectivity index (χ0) is 13.8. The van der Waals surface area contributed by atoms with E-state index >= 15 is 0 Å². The van der Waals surface area contributed by atoms with Gasteiger partial charge in [0.15, 0.2) is 0 Å². The number of hydrogen-bond donors (Lipinski definition) is 2. The Hall–Kier alpha value is -1.58. The van der Waals surface area contributed by atoms with E-state index in [1.807, 2.05) is 25.1 Å². The highest BCUT2D eigenvalue weighted by Crippen LogP contribution is 2.26. The Morgan fingerprint density at radius 2 is 1.95 bits per heavy atom. The predicted octanol–water partition coefficient (Wildman–Crippen LogP) is 4.03. The van der Waals surface area contributed by atoms with Crippen LogP contribution in [0.1, 0.15) is 11.1 Å². The van der Waals surface area contributed by atoms with Gasteiger partial charge in [-0.2, -0.15) is 0 Å². The first-order valence-electron chi connectivity index (χ1n) is 6.12. The van der Waals surface area contributed by atoms with Crippen LogP contribution in [0.4, 0.5) is 15.8 Å². The molecular weight excluding hydrogens is 263 g/mol. The van der Waals surface area contributed by atoms with Crippen molar-refractivity contribution in [1.82, 2.24) is 0 Å². The summed E-state index contributed by atoms with van der Waals surface area (Å²) >= 11 is 5.94. The molecule has 0 spiro atoms. The van der Waals surface area contributed by atoms with Crippen LogP contribution in [0, 0.1) is 12.7 Å². The van der Waals surface area contributed by atoms with Gasteiger partial charge in [0.25, 0.3) is 0 Å². The second-order valence-corrected chi connectivity index (χ2v) is 4.87. The molecule has 0 fully saturated rings. The lowest BCUT2D eigenvalue weighted by Crippen LogP contribution is -2.03. The van der Waals surface area contributed by atoms with E-state index in [1.54, 1.807) is 12.1 Å². The molecule has 3 N–H and O–H groups in total. The van der Waals surface area contributed by atoms with Gasteiger partial charge in [0, 0.05) is 10.7 Å². The van der Waals surface area contributed by atoms with Gasteiger partial charge in [0.1, 0.15) is 5.82 Å². The summed E-state index contributed by atoms with van der Waals surface area (Å²) in [5, 5.41) is 3.68. The van der Waals surface area contributed by atoms with Crippen LogP contribution >= 0.6 is 11.6 Å². The van der Waals surface area contributed by atoms with Crippen molar-refractivity contribution in [2.24, 2.45) is 5.73 Å². The summed E-state index contributed by atoms with van der Waals surface area (Å²) in [4.78, 5) is 0. The molecule has 0 aliphatic rings. The van der Waals surface area contributed by atoms with Crippen LogP contribution in [-0.4, -0.2) is 6.54 Å². The zero-order valence-corrected chi connectivity index (χ0v) is 11.5. The summed E-state index contributed by atoms with van der Waals surface area (Å²) in [5.74, 6) is -0.287. The smallest absolute Gasteiger partial charge is 0.146 e. The SMILES string of the molecule is Cc1ccc(Cl)cc1Nc1ccc(CCN)cc1F. The molecule has 0 bridgehead atoms. The van der Waals surface area contributed by atoms with Crippen LogP contribution in [0.3, 0.4) is 0 Å². The van der Waals surface area contributed by atoms with Crippen molar-refractivity contribution in [1.29, 1.82) is 0 Å². The Balaban J connectivity index is 2.25. The maximum absolute atomic E-state index is 14.0. The van der Waals surface area contributed by atoms with Crippen molar-refractivity contribution in [3.8, 4) is 0 Å². The second kappa shape index (κ2) is 6.04. The van der Waals surface area contributed by atoms with Crippen molar-refractivity contribution >= 4 is 23.0 Å². The molecule has 0 saturated heterocycles. The molecule has 2 aromatic carbocycles. The normalized spacial score (nSPS) is 10.5. The van der Waals surface area contributed by atoms with Crippen LogP contribution < -0.4 is 11.1 Å². The number of benzene rings is 2. The van der Waals surface area contributed by atoms with Gasteiger partial charge in [-0.1, -0.05) is 23.7 Å². The van der Waals surface area contributed by atoms with Crippen molar-refractivity contribution in [2.75, 3.05) is 11.9 Å². The summed E-state index contributed by atoms with van der Waals surface area (Å²) in [6, 6.07) is 10.6. The fraction of sp³-hybridized carbons (Fsp3) is 0.200. The molecule has 0 aromatic heterocycles. The number of nitrogens with two attached hydrogens (primary N) is 1. The highest BCUT2D eigenvalue weighted by Gasteiger charge is 2.06. The lowest BCUT2D eigenvalue weighted by molar-refractivity contribution is 0.629. The Bertz CT molecular complexity index is 584. The molecule has 0 amide bonds. The van der Waals surface area contributed by atoms with Gasteiger partial charge in [-0.3, -0.25) is 0 Å². The summed E-state index contributed by atoms with van der Waals surface area (Å²) < 4.78 is 14.0. The van der Waals surface area contributed by atoms with E-state index in [0.29, 0.717) is 23.7 Å². The van der Waals surface area contributed by atoms with E-state index in [9.17, 15) is 4.39 Å². The van der Waals surface area contributed by atoms with Gasteiger partial charge in [0.05, 0.1) is 5.69 Å². The molecule has 0 saturated carbocycles. The molecule has 19 heavy (non-hydrogen) atoms. The average molecular weight is 279 g/mol. The maximum Gasteiger partial charge on any atom is 0.146 e. The van der Waals surface area contributed by atoms with Crippen molar-refractivity contribution in [2.45, 2.75) is 13.3 Å². The minimum Gasteiger partial charge on any atom is -0.353 e. The predicted molar refractivity (Wildman–Crippen MR) is 78.6 cm³/mol. The fourth-order valence-electron chi connectivity index (χ4n) is 1.86. The monoisotopic (exact) mass is 278 g/mol. The standard InChI is InChI=1S/C15H16ClFN2/c1-10-2-4-12(16)9-15(10)19-14-5-3-11(6-7-18)8-13(14)17/h2-5,8-9,19H,6-7,18H2,1H3. The molecule has 2 aromatic rings. The Labute approximate surface area is 117 Å². The Kier molecular flexibility index (Phi) is 4.40. The van der Waals surface area contributed by atoms with E-state index < -0.39 is 0 Å². The molecule has 0 aliphatic heterocycles. The number of anilines is 2. The van der Waals surface area contributed by atoms with Crippen LogP contribution in [0.2, 0.25) is 5.02 Å². The van der Waals surface area contributed by atoms with Gasteiger partial charge < -0.3 is 11.1 Å². The summed E-state index contributed by atoms with van der Waals surface area (Å²) in [5.41, 5.74) is 8.60. The third kappa shape index (κ3) is 3.46. The summed E-state index contributed by atoms with van der Waals surface area (Å²) in [7, 11) is 0. The second-order valence-electron chi connectivity index (χ2n) is 4.44. The Morgan fingerprint density at radius 3 is 2.63 bits per heavy atom. The molecule has 0 heterocycles. The van der Waals surface area contributed by atoms with E-state index in [-0.39, 0.29) is 5.82 Å². The highest BCUT2D eigenvalue weighted by atomic mass is 35.5. The maximum atomic E-state index is 14.0. The van der Waals surface area contributed by atoms with E-state index in [2.05, 4.69) is 5.32 Å². The lowest BCUT2D eigenvalue weighted by atomic mass is 10.1. The molecule has 2 rings (SSSR count). The largest absolute Gasteiger partial charge is 0.353 e. The quantitative estimate of drug-likeness (QED) is 0.886. The van der Waals surface area contributed by atoms with Crippen molar-refractivity contribution in [3.05, 3.63) is 58.4 Å². The molecule has 2 nitrogen and oxygen atoms in total. The first-order chi connectivity index (χ1) is 9.10. The lowest BCUT2D eigenvalue weighted by Gasteiger charge is -2.11. The first-order valence-corrected chi connectivity index (χ1v) is 6.49. The number of nitrogens with one attached hydrogen (secondary N) is 1. The molecule has 0 unspecified atom stereocenters. The number of hydrogen-bond acceptors (Lipinski definition) is 2. The zero-order valence-electron chi connectivity index (χ0n) is 10.7. The summed E-state index contributed by atoms with van der Waals surface area (Å²) in [6.07, 6.45) is 0.674. The molecule has 0 radical (unpaired) electrons. The molecular formula is C15H16ClFN2. The number of halogens is 2. The summed E-state index contributed by atoms with van der Waals surface area (Å²) in [6.45, 7) is 2.46. The molecule has 0 atom stereocenters. The van der Waals surface area contributed by atoms with Crippen LogP contribution in [0.5, 0.6) is 0 Å². The van der Waals surface area contributed by atoms with E-state index in [4.69, 9.17) is 17.3 Å². The Morgan fingerprint density at radius 1 is 1.16 bits per heavy atom. The van der Waals surface area contributed by atoms with E-state index in [0.717, 1.165) is 16.8 Å². The van der Waals surface area contributed by atoms with Crippen LogP contribution in [-0.2, 0) is 6.42 Å². The number of aryl methyl sites for hydroxylation is 1. The fourth-order valence-corrected chi connectivity index (χ4v) is 2.03. The van der Waals surface area contributed by atoms with Gasteiger partial charge >= 0.3 is 0 Å². The topological polar surface area (TPSA) is 38.0 Å². The third-order valence-electron chi connectivity index (χ3n) is 2.94. The van der Waals surface area contributed by atoms with Gasteiger partial charge in [-0.15, -0.1) is 0 Å². The first kappa shape index (κ1) is 13.8.